The Hall–Kier alpha value is -0.0700. The van der Waals surface area contributed by atoms with Crippen molar-refractivity contribution in [1.29, 1.82) is 0 Å². The SMILES string of the molecule is CC1CCC(C)N1CCN1CCN(C(=O)[C@@]23CCCC[C@H]2CNC3)CC1.Cl.Cl. The Kier molecular flexibility index (Phi) is 8.90. The highest BCUT2D eigenvalue weighted by Crippen LogP contribution is 2.45. The summed E-state index contributed by atoms with van der Waals surface area (Å²) in [7, 11) is 0. The van der Waals surface area contributed by atoms with Crippen LogP contribution in [0, 0.1) is 11.3 Å². The first kappa shape index (κ1) is 24.2. The molecule has 4 fully saturated rings. The van der Waals surface area contributed by atoms with Crippen molar-refractivity contribution >= 4 is 30.7 Å². The number of rotatable bonds is 4. The topological polar surface area (TPSA) is 38.8 Å². The lowest BCUT2D eigenvalue weighted by atomic mass is 9.67. The summed E-state index contributed by atoms with van der Waals surface area (Å²) in [4.78, 5) is 20.8. The molecule has 0 aromatic carbocycles. The molecule has 3 saturated heterocycles. The first-order chi connectivity index (χ1) is 12.6. The third-order valence-corrected chi connectivity index (χ3v) is 7.93. The standard InChI is InChI=1S/C21H38N4O.2ClH/c1-17-6-7-18(2)25(17)14-11-23-9-12-24(13-10-23)20(26)21-8-4-3-5-19(21)15-22-16-21;;/h17-19,22H,3-16H2,1-2H3;2*1H/t17?,18?,19-,21+;;/m0../s1. The summed E-state index contributed by atoms with van der Waals surface area (Å²) in [5.41, 5.74) is -0.0686. The lowest BCUT2D eigenvalue weighted by Gasteiger charge is -2.44. The van der Waals surface area contributed by atoms with Crippen LogP contribution in [0.25, 0.3) is 0 Å². The maximum Gasteiger partial charge on any atom is 0.230 e. The zero-order valence-electron chi connectivity index (χ0n) is 17.7. The number of nitrogens with zero attached hydrogens (tertiary/aromatic N) is 3. The Labute approximate surface area is 183 Å². The van der Waals surface area contributed by atoms with Crippen LogP contribution < -0.4 is 5.32 Å². The van der Waals surface area contributed by atoms with Crippen LogP contribution in [0.15, 0.2) is 0 Å². The van der Waals surface area contributed by atoms with Gasteiger partial charge < -0.3 is 10.2 Å². The molecule has 1 aliphatic carbocycles. The highest BCUT2D eigenvalue weighted by molar-refractivity contribution is 5.85. The molecule has 0 aromatic heterocycles. The maximum atomic E-state index is 13.4. The number of carbonyl (C=O) groups is 1. The van der Waals surface area contributed by atoms with Crippen molar-refractivity contribution in [3.63, 3.8) is 0 Å². The Balaban J connectivity index is 0.00000140. The van der Waals surface area contributed by atoms with E-state index in [4.69, 9.17) is 0 Å². The molecule has 0 aromatic rings. The monoisotopic (exact) mass is 434 g/mol. The molecule has 4 atom stereocenters. The average molecular weight is 435 g/mol. The summed E-state index contributed by atoms with van der Waals surface area (Å²) in [6.45, 7) is 13.0. The second kappa shape index (κ2) is 10.3. The van der Waals surface area contributed by atoms with Crippen LogP contribution in [-0.4, -0.2) is 85.0 Å². The lowest BCUT2D eigenvalue weighted by Crippen LogP contribution is -2.56. The second-order valence-electron chi connectivity index (χ2n) is 9.38. The van der Waals surface area contributed by atoms with Crippen molar-refractivity contribution in [2.24, 2.45) is 11.3 Å². The van der Waals surface area contributed by atoms with E-state index in [1.807, 2.05) is 0 Å². The summed E-state index contributed by atoms with van der Waals surface area (Å²) in [5.74, 6) is 1.05. The van der Waals surface area contributed by atoms with Gasteiger partial charge in [0.2, 0.25) is 5.91 Å². The fraction of sp³-hybridized carbons (Fsp3) is 0.952. The van der Waals surface area contributed by atoms with Crippen LogP contribution >= 0.6 is 24.8 Å². The number of hydrogen-bond acceptors (Lipinski definition) is 4. The summed E-state index contributed by atoms with van der Waals surface area (Å²) < 4.78 is 0. The van der Waals surface area contributed by atoms with Crippen LogP contribution in [-0.2, 0) is 4.79 Å². The average Bonchev–Trinajstić information content (AvgIpc) is 3.24. The zero-order valence-corrected chi connectivity index (χ0v) is 19.3. The van der Waals surface area contributed by atoms with Crippen molar-refractivity contribution < 1.29 is 4.79 Å². The molecule has 3 aliphatic heterocycles. The minimum atomic E-state index is -0.0686. The van der Waals surface area contributed by atoms with Gasteiger partial charge in [-0.1, -0.05) is 12.8 Å². The van der Waals surface area contributed by atoms with E-state index in [-0.39, 0.29) is 30.2 Å². The molecule has 0 radical (unpaired) electrons. The molecule has 1 amide bonds. The van der Waals surface area contributed by atoms with Crippen molar-refractivity contribution in [2.45, 2.75) is 64.5 Å². The molecule has 3 heterocycles. The van der Waals surface area contributed by atoms with Crippen molar-refractivity contribution in [2.75, 3.05) is 52.4 Å². The van der Waals surface area contributed by atoms with Crippen LogP contribution in [0.2, 0.25) is 0 Å². The first-order valence-electron chi connectivity index (χ1n) is 11.1. The van der Waals surface area contributed by atoms with E-state index < -0.39 is 0 Å². The van der Waals surface area contributed by atoms with Gasteiger partial charge in [0.05, 0.1) is 5.41 Å². The van der Waals surface area contributed by atoms with E-state index in [1.165, 1.54) is 38.6 Å². The Morgan fingerprint density at radius 3 is 2.32 bits per heavy atom. The molecule has 0 spiro atoms. The minimum absolute atomic E-state index is 0. The van der Waals surface area contributed by atoms with Gasteiger partial charge in [0.25, 0.3) is 0 Å². The van der Waals surface area contributed by atoms with Crippen LogP contribution in [0.3, 0.4) is 0 Å². The highest BCUT2D eigenvalue weighted by Gasteiger charge is 2.51. The molecule has 4 aliphatic rings. The molecule has 2 unspecified atom stereocenters. The van der Waals surface area contributed by atoms with Gasteiger partial charge in [-0.2, -0.15) is 0 Å². The first-order valence-corrected chi connectivity index (χ1v) is 11.1. The molecule has 28 heavy (non-hydrogen) atoms. The molecule has 4 rings (SSSR count). The summed E-state index contributed by atoms with van der Waals surface area (Å²) >= 11 is 0. The summed E-state index contributed by atoms with van der Waals surface area (Å²) in [5, 5.41) is 3.53. The van der Waals surface area contributed by atoms with E-state index in [0.717, 1.165) is 64.3 Å². The molecular weight excluding hydrogens is 395 g/mol. The smallest absolute Gasteiger partial charge is 0.230 e. The molecule has 5 nitrogen and oxygen atoms in total. The van der Waals surface area contributed by atoms with E-state index >= 15 is 0 Å². The van der Waals surface area contributed by atoms with E-state index in [2.05, 4.69) is 33.9 Å². The second-order valence-corrected chi connectivity index (χ2v) is 9.38. The zero-order chi connectivity index (χ0) is 18.1. The number of nitrogens with one attached hydrogen (secondary N) is 1. The van der Waals surface area contributed by atoms with Gasteiger partial charge in [0.15, 0.2) is 0 Å². The Bertz CT molecular complexity index is 505. The largest absolute Gasteiger partial charge is 0.340 e. The lowest BCUT2D eigenvalue weighted by molar-refractivity contribution is -0.147. The van der Waals surface area contributed by atoms with Crippen molar-refractivity contribution in [1.82, 2.24) is 20.0 Å². The molecule has 0 bridgehead atoms. The molecule has 1 saturated carbocycles. The number of likely N-dealkylation sites (tertiary alicyclic amines) is 1. The van der Waals surface area contributed by atoms with Crippen LogP contribution in [0.5, 0.6) is 0 Å². The van der Waals surface area contributed by atoms with Gasteiger partial charge in [0.1, 0.15) is 0 Å². The van der Waals surface area contributed by atoms with Crippen molar-refractivity contribution in [3.8, 4) is 0 Å². The van der Waals surface area contributed by atoms with Gasteiger partial charge in [0, 0.05) is 57.9 Å². The number of fused-ring (bicyclic) bond motifs is 1. The number of piperazine rings is 1. The summed E-state index contributed by atoms with van der Waals surface area (Å²) in [6, 6.07) is 1.48. The minimum Gasteiger partial charge on any atom is -0.340 e. The predicted molar refractivity (Wildman–Crippen MR) is 120 cm³/mol. The predicted octanol–water partition coefficient (Wildman–Crippen LogP) is 2.63. The number of halogens is 2. The number of carbonyl (C=O) groups excluding carboxylic acids is 1. The van der Waals surface area contributed by atoms with Gasteiger partial charge in [-0.05, 0) is 52.0 Å². The molecule has 7 heteroatoms. The van der Waals surface area contributed by atoms with Crippen molar-refractivity contribution in [3.05, 3.63) is 0 Å². The number of amides is 1. The Morgan fingerprint density at radius 2 is 1.64 bits per heavy atom. The van der Waals surface area contributed by atoms with Gasteiger partial charge in [-0.25, -0.2) is 0 Å². The van der Waals surface area contributed by atoms with Gasteiger partial charge >= 0.3 is 0 Å². The maximum absolute atomic E-state index is 13.4. The normalized spacial score (nSPS) is 36.5. The third kappa shape index (κ3) is 4.64. The van der Waals surface area contributed by atoms with Gasteiger partial charge in [-0.3, -0.25) is 14.6 Å². The third-order valence-electron chi connectivity index (χ3n) is 7.93. The fourth-order valence-electron chi connectivity index (χ4n) is 6.10. The molecular formula is C21H40Cl2N4O. The molecule has 164 valence electrons. The number of hydrogen-bond donors (Lipinski definition) is 1. The quantitative estimate of drug-likeness (QED) is 0.737. The van der Waals surface area contributed by atoms with E-state index in [0.29, 0.717) is 11.8 Å². The molecule has 1 N–H and O–H groups in total. The Morgan fingerprint density at radius 1 is 0.964 bits per heavy atom. The fourth-order valence-corrected chi connectivity index (χ4v) is 6.10. The van der Waals surface area contributed by atoms with Gasteiger partial charge in [-0.15, -0.1) is 24.8 Å². The van der Waals surface area contributed by atoms with Crippen LogP contribution in [0.4, 0.5) is 0 Å². The highest BCUT2D eigenvalue weighted by atomic mass is 35.5. The van der Waals surface area contributed by atoms with E-state index in [1.54, 1.807) is 0 Å². The summed E-state index contributed by atoms with van der Waals surface area (Å²) in [6.07, 6.45) is 7.58. The van der Waals surface area contributed by atoms with E-state index in [9.17, 15) is 4.79 Å². The van der Waals surface area contributed by atoms with Crippen LogP contribution in [0.1, 0.15) is 52.4 Å².